The Morgan fingerprint density at radius 2 is 1.92 bits per heavy atom. The van der Waals surface area contributed by atoms with E-state index in [9.17, 15) is 4.79 Å². The molecule has 6 nitrogen and oxygen atoms in total. The minimum Gasteiger partial charge on any atom is -0.496 e. The SMILES string of the molecule is COc1ccccc1-c1nnc(SCC(=O)Nc2cc(Cl)cc(Cl)c2)o1. The molecule has 2 aromatic carbocycles. The van der Waals surface area contributed by atoms with Crippen molar-refractivity contribution in [2.75, 3.05) is 18.2 Å². The second-order valence-electron chi connectivity index (χ2n) is 5.07. The zero-order chi connectivity index (χ0) is 18.5. The average molecular weight is 410 g/mol. The molecule has 0 spiro atoms. The van der Waals surface area contributed by atoms with E-state index >= 15 is 0 Å². The number of para-hydroxylation sites is 1. The number of benzene rings is 2. The van der Waals surface area contributed by atoms with Gasteiger partial charge in [0.05, 0.1) is 18.4 Å². The number of rotatable bonds is 6. The lowest BCUT2D eigenvalue weighted by Gasteiger charge is -2.05. The predicted molar refractivity (Wildman–Crippen MR) is 102 cm³/mol. The number of halogens is 2. The lowest BCUT2D eigenvalue weighted by Crippen LogP contribution is -2.13. The van der Waals surface area contributed by atoms with Gasteiger partial charge in [0.2, 0.25) is 5.91 Å². The first-order valence-corrected chi connectivity index (χ1v) is 9.15. The number of aromatic nitrogens is 2. The number of methoxy groups -OCH3 is 1. The highest BCUT2D eigenvalue weighted by Crippen LogP contribution is 2.30. The molecule has 0 atom stereocenters. The number of thioether (sulfide) groups is 1. The minimum absolute atomic E-state index is 0.0949. The van der Waals surface area contributed by atoms with E-state index in [2.05, 4.69) is 15.5 Å². The Balaban J connectivity index is 1.62. The average Bonchev–Trinajstić information content (AvgIpc) is 3.08. The first-order valence-electron chi connectivity index (χ1n) is 7.41. The van der Waals surface area contributed by atoms with E-state index in [1.165, 1.54) is 0 Å². The van der Waals surface area contributed by atoms with E-state index in [0.29, 0.717) is 32.9 Å². The highest BCUT2D eigenvalue weighted by molar-refractivity contribution is 7.99. The molecule has 0 saturated carbocycles. The molecule has 0 saturated heterocycles. The van der Waals surface area contributed by atoms with Gasteiger partial charge < -0.3 is 14.5 Å². The summed E-state index contributed by atoms with van der Waals surface area (Å²) in [5.41, 5.74) is 1.21. The molecular formula is C17H13Cl2N3O3S. The van der Waals surface area contributed by atoms with E-state index < -0.39 is 0 Å². The van der Waals surface area contributed by atoms with E-state index in [4.69, 9.17) is 32.4 Å². The third-order valence-corrected chi connectivity index (χ3v) is 4.47. The molecule has 0 aliphatic heterocycles. The topological polar surface area (TPSA) is 77.2 Å². The van der Waals surface area contributed by atoms with Crippen LogP contribution in [0.15, 0.2) is 52.1 Å². The van der Waals surface area contributed by atoms with Crippen LogP contribution in [0.25, 0.3) is 11.5 Å². The molecule has 26 heavy (non-hydrogen) atoms. The summed E-state index contributed by atoms with van der Waals surface area (Å²) in [7, 11) is 1.57. The number of amides is 1. The smallest absolute Gasteiger partial charge is 0.277 e. The van der Waals surface area contributed by atoms with Crippen LogP contribution in [0.2, 0.25) is 10.0 Å². The maximum absolute atomic E-state index is 12.1. The molecular weight excluding hydrogens is 397 g/mol. The van der Waals surface area contributed by atoms with Crippen LogP contribution in [0.4, 0.5) is 5.69 Å². The molecule has 9 heteroatoms. The highest BCUT2D eigenvalue weighted by Gasteiger charge is 2.14. The number of hydrogen-bond donors (Lipinski definition) is 1. The lowest BCUT2D eigenvalue weighted by atomic mass is 10.2. The van der Waals surface area contributed by atoms with Gasteiger partial charge in [-0.05, 0) is 30.3 Å². The Bertz CT molecular complexity index is 913. The van der Waals surface area contributed by atoms with Gasteiger partial charge in [0.1, 0.15) is 5.75 Å². The quantitative estimate of drug-likeness (QED) is 0.590. The van der Waals surface area contributed by atoms with Gasteiger partial charge in [-0.1, -0.05) is 47.1 Å². The molecule has 3 aromatic rings. The molecule has 0 aliphatic rings. The van der Waals surface area contributed by atoms with Crippen LogP contribution in [0, 0.1) is 0 Å². The van der Waals surface area contributed by atoms with Crippen molar-refractivity contribution in [1.82, 2.24) is 10.2 Å². The molecule has 1 aromatic heterocycles. The maximum atomic E-state index is 12.1. The summed E-state index contributed by atoms with van der Waals surface area (Å²) in [5, 5.41) is 11.8. The summed E-state index contributed by atoms with van der Waals surface area (Å²) >= 11 is 12.9. The number of nitrogens with one attached hydrogen (secondary N) is 1. The molecule has 0 unspecified atom stereocenters. The number of nitrogens with zero attached hydrogens (tertiary/aromatic N) is 2. The summed E-state index contributed by atoms with van der Waals surface area (Å²) in [6, 6.07) is 12.1. The van der Waals surface area contributed by atoms with Crippen molar-refractivity contribution in [1.29, 1.82) is 0 Å². The fourth-order valence-electron chi connectivity index (χ4n) is 2.15. The monoisotopic (exact) mass is 409 g/mol. The molecule has 0 bridgehead atoms. The second kappa shape index (κ2) is 8.44. The minimum atomic E-state index is -0.245. The first kappa shape index (κ1) is 18.6. The van der Waals surface area contributed by atoms with Crippen LogP contribution in [0.1, 0.15) is 0 Å². The van der Waals surface area contributed by atoms with Crippen molar-refractivity contribution in [3.8, 4) is 17.2 Å². The summed E-state index contributed by atoms with van der Waals surface area (Å²) in [4.78, 5) is 12.1. The predicted octanol–water partition coefficient (Wildman–Crippen LogP) is 4.78. The van der Waals surface area contributed by atoms with Gasteiger partial charge in [-0.3, -0.25) is 4.79 Å². The Morgan fingerprint density at radius 1 is 1.19 bits per heavy atom. The molecule has 1 heterocycles. The van der Waals surface area contributed by atoms with Crippen molar-refractivity contribution in [2.45, 2.75) is 5.22 Å². The zero-order valence-electron chi connectivity index (χ0n) is 13.5. The highest BCUT2D eigenvalue weighted by atomic mass is 35.5. The summed E-state index contributed by atoms with van der Waals surface area (Å²) in [5.74, 6) is 0.804. The van der Waals surface area contributed by atoms with Crippen molar-refractivity contribution < 1.29 is 13.9 Å². The maximum Gasteiger partial charge on any atom is 0.277 e. The Hall–Kier alpha value is -2.22. The molecule has 0 aliphatic carbocycles. The molecule has 3 rings (SSSR count). The standard InChI is InChI=1S/C17H13Cl2N3O3S/c1-24-14-5-3-2-4-13(14)16-21-22-17(25-16)26-9-15(23)20-12-7-10(18)6-11(19)8-12/h2-8H,9H2,1H3,(H,20,23). The van der Waals surface area contributed by atoms with Gasteiger partial charge in [0.25, 0.3) is 11.1 Å². The van der Waals surface area contributed by atoms with Crippen LogP contribution in [-0.2, 0) is 4.79 Å². The number of hydrogen-bond acceptors (Lipinski definition) is 6. The summed E-state index contributed by atoms with van der Waals surface area (Å²) in [6.45, 7) is 0. The van der Waals surface area contributed by atoms with Crippen molar-refractivity contribution >= 4 is 46.6 Å². The third-order valence-electron chi connectivity index (χ3n) is 3.22. The Morgan fingerprint density at radius 3 is 2.65 bits per heavy atom. The van der Waals surface area contributed by atoms with Gasteiger partial charge in [-0.15, -0.1) is 10.2 Å². The second-order valence-corrected chi connectivity index (χ2v) is 6.87. The van der Waals surface area contributed by atoms with Gasteiger partial charge in [0.15, 0.2) is 0 Å². The van der Waals surface area contributed by atoms with Gasteiger partial charge in [-0.2, -0.15) is 0 Å². The van der Waals surface area contributed by atoms with Crippen molar-refractivity contribution in [2.24, 2.45) is 0 Å². The molecule has 0 radical (unpaired) electrons. The Kier molecular flexibility index (Phi) is 6.03. The largest absolute Gasteiger partial charge is 0.496 e. The number of ether oxygens (including phenoxy) is 1. The lowest BCUT2D eigenvalue weighted by molar-refractivity contribution is -0.113. The Labute approximate surface area is 163 Å². The number of carbonyl (C=O) groups excluding carboxylic acids is 1. The van der Waals surface area contributed by atoms with Crippen LogP contribution in [-0.4, -0.2) is 29.0 Å². The van der Waals surface area contributed by atoms with Crippen LogP contribution in [0.5, 0.6) is 5.75 Å². The van der Waals surface area contributed by atoms with Crippen molar-refractivity contribution in [3.05, 3.63) is 52.5 Å². The number of anilines is 1. The van der Waals surface area contributed by atoms with E-state index in [1.54, 1.807) is 31.4 Å². The van der Waals surface area contributed by atoms with Gasteiger partial charge in [-0.25, -0.2) is 0 Å². The van der Waals surface area contributed by atoms with E-state index in [0.717, 1.165) is 11.8 Å². The molecule has 1 N–H and O–H groups in total. The van der Waals surface area contributed by atoms with Crippen LogP contribution >= 0.6 is 35.0 Å². The number of carbonyl (C=O) groups is 1. The molecule has 134 valence electrons. The summed E-state index contributed by atoms with van der Waals surface area (Å²) < 4.78 is 10.9. The van der Waals surface area contributed by atoms with Gasteiger partial charge in [0, 0.05) is 15.7 Å². The van der Waals surface area contributed by atoms with Gasteiger partial charge >= 0.3 is 0 Å². The first-order chi connectivity index (χ1) is 12.5. The summed E-state index contributed by atoms with van der Waals surface area (Å²) in [6.07, 6.45) is 0. The van der Waals surface area contributed by atoms with Crippen LogP contribution in [0.3, 0.4) is 0 Å². The fourth-order valence-corrected chi connectivity index (χ4v) is 3.24. The fraction of sp³-hybridized carbons (Fsp3) is 0.118. The molecule has 1 amide bonds. The van der Waals surface area contributed by atoms with E-state index in [1.807, 2.05) is 18.2 Å². The van der Waals surface area contributed by atoms with E-state index in [-0.39, 0.29) is 16.9 Å². The third kappa shape index (κ3) is 4.69. The zero-order valence-corrected chi connectivity index (χ0v) is 15.9. The molecule has 0 fully saturated rings. The van der Waals surface area contributed by atoms with Crippen LogP contribution < -0.4 is 10.1 Å². The normalized spacial score (nSPS) is 10.6. The van der Waals surface area contributed by atoms with Crippen molar-refractivity contribution in [3.63, 3.8) is 0 Å².